The summed E-state index contributed by atoms with van der Waals surface area (Å²) in [7, 11) is 0. The van der Waals surface area contributed by atoms with E-state index < -0.39 is 0 Å². The zero-order chi connectivity index (χ0) is 17.8. The number of aryl methyl sites for hydroxylation is 2. The number of rotatable bonds is 5. The summed E-state index contributed by atoms with van der Waals surface area (Å²) in [5, 5.41) is 7.07. The highest BCUT2D eigenvalue weighted by atomic mass is 16.3. The Morgan fingerprint density at radius 2 is 2.28 bits per heavy atom. The van der Waals surface area contributed by atoms with E-state index in [4.69, 9.17) is 4.42 Å². The maximum absolute atomic E-state index is 12.5. The Hall–Kier alpha value is -2.64. The fraction of sp³-hybridized carbons (Fsp3) is 0.529. The van der Waals surface area contributed by atoms with Crippen molar-refractivity contribution in [2.75, 3.05) is 18.4 Å². The van der Waals surface area contributed by atoms with Crippen molar-refractivity contribution in [2.24, 2.45) is 5.92 Å². The minimum Gasteiger partial charge on any atom is -0.448 e. The second-order valence-corrected chi connectivity index (χ2v) is 6.32. The summed E-state index contributed by atoms with van der Waals surface area (Å²) in [4.78, 5) is 30.5. The van der Waals surface area contributed by atoms with Crippen molar-refractivity contribution in [3.63, 3.8) is 0 Å². The van der Waals surface area contributed by atoms with Gasteiger partial charge in [-0.15, -0.1) is 0 Å². The average Bonchev–Trinajstić information content (AvgIpc) is 3.23. The minimum atomic E-state index is -0.136. The van der Waals surface area contributed by atoms with Gasteiger partial charge in [0.05, 0.1) is 0 Å². The maximum Gasteiger partial charge on any atom is 0.275 e. The Morgan fingerprint density at radius 1 is 1.44 bits per heavy atom. The van der Waals surface area contributed by atoms with Crippen LogP contribution in [0.25, 0.3) is 0 Å². The Bertz CT molecular complexity index is 751. The van der Waals surface area contributed by atoms with Crippen molar-refractivity contribution in [2.45, 2.75) is 39.7 Å². The molecule has 0 radical (unpaired) electrons. The predicted molar refractivity (Wildman–Crippen MR) is 91.0 cm³/mol. The van der Waals surface area contributed by atoms with Crippen molar-refractivity contribution in [1.82, 2.24) is 19.7 Å². The van der Waals surface area contributed by atoms with Crippen LogP contribution in [0.1, 0.15) is 42.6 Å². The lowest BCUT2D eigenvalue weighted by atomic mass is 9.94. The molecule has 8 nitrogen and oxygen atoms in total. The first kappa shape index (κ1) is 17.2. The Kier molecular flexibility index (Phi) is 5.16. The van der Waals surface area contributed by atoms with Crippen LogP contribution in [-0.4, -0.2) is 44.6 Å². The summed E-state index contributed by atoms with van der Waals surface area (Å²) < 4.78 is 6.87. The van der Waals surface area contributed by atoms with Gasteiger partial charge in [0.25, 0.3) is 5.91 Å². The molecule has 3 heterocycles. The number of oxazole rings is 1. The van der Waals surface area contributed by atoms with Crippen LogP contribution in [0, 0.1) is 12.8 Å². The van der Waals surface area contributed by atoms with Gasteiger partial charge in [0.2, 0.25) is 5.91 Å². The molecule has 1 atom stereocenters. The summed E-state index contributed by atoms with van der Waals surface area (Å²) >= 11 is 0. The van der Waals surface area contributed by atoms with E-state index in [0.29, 0.717) is 36.9 Å². The van der Waals surface area contributed by atoms with Gasteiger partial charge >= 0.3 is 0 Å². The first-order valence-corrected chi connectivity index (χ1v) is 8.60. The number of nitrogens with one attached hydrogen (secondary N) is 1. The first-order valence-electron chi connectivity index (χ1n) is 8.60. The molecular formula is C17H23N5O3. The second-order valence-electron chi connectivity index (χ2n) is 6.32. The molecule has 1 N–H and O–H groups in total. The number of anilines is 1. The molecule has 3 rings (SSSR count). The molecule has 2 aromatic rings. The monoisotopic (exact) mass is 345 g/mol. The van der Waals surface area contributed by atoms with Crippen molar-refractivity contribution in [3.05, 3.63) is 30.1 Å². The standard InChI is InChI=1S/C17H23N5O3/c1-3-22-8-6-15(20-22)19-16(23)9-13-5-4-7-21(10-13)17(24)14-11-25-12(2)18-14/h6,8,11,13H,3-5,7,9-10H2,1-2H3,(H,19,20,23)/t13-/m1/s1. The Balaban J connectivity index is 1.54. The number of aromatic nitrogens is 3. The van der Waals surface area contributed by atoms with Crippen LogP contribution >= 0.6 is 0 Å². The highest BCUT2D eigenvalue weighted by Gasteiger charge is 2.27. The fourth-order valence-electron chi connectivity index (χ4n) is 3.10. The molecule has 8 heteroatoms. The van der Waals surface area contributed by atoms with Crippen LogP contribution in [-0.2, 0) is 11.3 Å². The molecule has 1 aliphatic rings. The molecule has 0 unspecified atom stereocenters. The quantitative estimate of drug-likeness (QED) is 0.895. The lowest BCUT2D eigenvalue weighted by Crippen LogP contribution is -2.41. The fourth-order valence-corrected chi connectivity index (χ4v) is 3.10. The number of carbonyl (C=O) groups excluding carboxylic acids is 2. The van der Waals surface area contributed by atoms with Gasteiger partial charge in [0.15, 0.2) is 17.4 Å². The summed E-state index contributed by atoms with van der Waals surface area (Å²) in [5.41, 5.74) is 0.327. The molecule has 2 aromatic heterocycles. The lowest BCUT2D eigenvalue weighted by molar-refractivity contribution is -0.117. The molecule has 1 fully saturated rings. The molecule has 0 saturated carbocycles. The van der Waals surface area contributed by atoms with E-state index in [1.807, 2.05) is 13.1 Å². The van der Waals surface area contributed by atoms with Crippen molar-refractivity contribution in [1.29, 1.82) is 0 Å². The summed E-state index contributed by atoms with van der Waals surface area (Å²) in [6.07, 6.45) is 5.40. The highest BCUT2D eigenvalue weighted by molar-refractivity contribution is 5.92. The van der Waals surface area contributed by atoms with Gasteiger partial charge in [0, 0.05) is 45.2 Å². The Labute approximate surface area is 146 Å². The molecule has 0 bridgehead atoms. The van der Waals surface area contributed by atoms with E-state index in [0.717, 1.165) is 19.4 Å². The highest BCUT2D eigenvalue weighted by Crippen LogP contribution is 2.22. The average molecular weight is 345 g/mol. The van der Waals surface area contributed by atoms with Crippen molar-refractivity contribution < 1.29 is 14.0 Å². The zero-order valence-corrected chi connectivity index (χ0v) is 14.6. The van der Waals surface area contributed by atoms with E-state index in [1.165, 1.54) is 6.26 Å². The lowest BCUT2D eigenvalue weighted by Gasteiger charge is -2.31. The van der Waals surface area contributed by atoms with Crippen molar-refractivity contribution >= 4 is 17.6 Å². The normalized spacial score (nSPS) is 17.5. The van der Waals surface area contributed by atoms with E-state index in [9.17, 15) is 9.59 Å². The number of piperidine rings is 1. The zero-order valence-electron chi connectivity index (χ0n) is 14.6. The van der Waals surface area contributed by atoms with Gasteiger partial charge in [-0.25, -0.2) is 4.98 Å². The largest absolute Gasteiger partial charge is 0.448 e. The van der Waals surface area contributed by atoms with Gasteiger partial charge in [-0.3, -0.25) is 14.3 Å². The molecule has 1 aliphatic heterocycles. The summed E-state index contributed by atoms with van der Waals surface area (Å²) in [6, 6.07) is 1.78. The topological polar surface area (TPSA) is 93.3 Å². The minimum absolute atomic E-state index is 0.0714. The van der Waals surface area contributed by atoms with Crippen LogP contribution in [0.15, 0.2) is 22.9 Å². The van der Waals surface area contributed by atoms with Crippen LogP contribution < -0.4 is 5.32 Å². The van der Waals surface area contributed by atoms with Gasteiger partial charge in [-0.05, 0) is 25.7 Å². The van der Waals surface area contributed by atoms with Crippen LogP contribution in [0.2, 0.25) is 0 Å². The molecule has 134 valence electrons. The maximum atomic E-state index is 12.5. The first-order chi connectivity index (χ1) is 12.0. The van der Waals surface area contributed by atoms with Crippen LogP contribution in [0.5, 0.6) is 0 Å². The van der Waals surface area contributed by atoms with Gasteiger partial charge in [-0.2, -0.15) is 5.10 Å². The molecule has 1 saturated heterocycles. The number of amides is 2. The molecule has 25 heavy (non-hydrogen) atoms. The molecule has 2 amide bonds. The molecule has 0 spiro atoms. The van der Waals surface area contributed by atoms with Crippen molar-refractivity contribution in [3.8, 4) is 0 Å². The van der Waals surface area contributed by atoms with Crippen LogP contribution in [0.4, 0.5) is 5.82 Å². The van der Waals surface area contributed by atoms with E-state index in [-0.39, 0.29) is 17.7 Å². The number of hydrogen-bond donors (Lipinski definition) is 1. The second kappa shape index (κ2) is 7.50. The van der Waals surface area contributed by atoms with E-state index >= 15 is 0 Å². The number of hydrogen-bond acceptors (Lipinski definition) is 5. The smallest absolute Gasteiger partial charge is 0.275 e. The van der Waals surface area contributed by atoms with E-state index in [2.05, 4.69) is 15.4 Å². The van der Waals surface area contributed by atoms with Crippen LogP contribution in [0.3, 0.4) is 0 Å². The molecule has 0 aromatic carbocycles. The van der Waals surface area contributed by atoms with E-state index in [1.54, 1.807) is 22.6 Å². The summed E-state index contributed by atoms with van der Waals surface area (Å²) in [5.74, 6) is 0.969. The number of carbonyl (C=O) groups is 2. The molecule has 0 aliphatic carbocycles. The third-order valence-corrected chi connectivity index (χ3v) is 4.35. The number of nitrogens with zero attached hydrogens (tertiary/aromatic N) is 4. The third kappa shape index (κ3) is 4.26. The SMILES string of the molecule is CCn1ccc(NC(=O)C[C@H]2CCCN(C(=O)c3coc(C)n3)C2)n1. The van der Waals surface area contributed by atoms with Gasteiger partial charge in [-0.1, -0.05) is 0 Å². The predicted octanol–water partition coefficient (Wildman–Crippen LogP) is 2.08. The number of likely N-dealkylation sites (tertiary alicyclic amines) is 1. The third-order valence-electron chi connectivity index (χ3n) is 4.35. The van der Waals surface area contributed by atoms with Gasteiger partial charge in [0.1, 0.15) is 6.26 Å². The molecular weight excluding hydrogens is 322 g/mol. The Morgan fingerprint density at radius 3 is 2.96 bits per heavy atom. The van der Waals surface area contributed by atoms with Gasteiger partial charge < -0.3 is 14.6 Å². The summed E-state index contributed by atoms with van der Waals surface area (Å²) in [6.45, 7) is 5.70.